The van der Waals surface area contributed by atoms with Crippen LogP contribution in [0.2, 0.25) is 0 Å². The maximum absolute atomic E-state index is 14.5. The molecule has 11 heteroatoms. The molecule has 3 rings (SSSR count). The zero-order valence-electron chi connectivity index (χ0n) is 23.4. The van der Waals surface area contributed by atoms with Crippen LogP contribution in [0.15, 0.2) is 30.3 Å². The minimum atomic E-state index is -0.471. The molecule has 1 aliphatic rings. The van der Waals surface area contributed by atoms with E-state index in [1.807, 2.05) is 26.8 Å². The highest BCUT2D eigenvalue weighted by Gasteiger charge is 2.33. The summed E-state index contributed by atoms with van der Waals surface area (Å²) in [7, 11) is 7.72. The van der Waals surface area contributed by atoms with Gasteiger partial charge in [-0.3, -0.25) is 4.79 Å². The van der Waals surface area contributed by atoms with Gasteiger partial charge in [0.1, 0.15) is 28.9 Å². The fraction of sp³-hybridized carbons (Fsp3) is 0.536. The quantitative estimate of drug-likeness (QED) is 0.138. The van der Waals surface area contributed by atoms with Crippen molar-refractivity contribution in [1.29, 1.82) is 0 Å². The van der Waals surface area contributed by atoms with Gasteiger partial charge in [-0.25, -0.2) is 9.78 Å². The molecule has 0 bridgehead atoms. The Kier molecular flexibility index (Phi) is 11.7. The smallest absolute Gasteiger partial charge is 0.247 e. The number of ether oxygens (including phenoxy) is 6. The molecule has 2 atom stereocenters. The number of carbonyl (C=O) groups excluding carboxylic acids is 1. The Bertz CT molecular complexity index is 1050. The number of methoxy groups -OCH3 is 3. The van der Waals surface area contributed by atoms with Crippen molar-refractivity contribution in [2.75, 3.05) is 48.3 Å². The maximum atomic E-state index is 14.5. The third-order valence-corrected chi connectivity index (χ3v) is 6.27. The summed E-state index contributed by atoms with van der Waals surface area (Å²) in [5, 5.41) is 0. The van der Waals surface area contributed by atoms with E-state index in [1.165, 1.54) is 21.3 Å². The third-order valence-electron chi connectivity index (χ3n) is 6.03. The lowest BCUT2D eigenvalue weighted by molar-refractivity contribution is -0.348. The lowest BCUT2D eigenvalue weighted by Gasteiger charge is -2.31. The van der Waals surface area contributed by atoms with Crippen molar-refractivity contribution >= 4 is 16.3 Å². The van der Waals surface area contributed by atoms with E-state index in [9.17, 15) is 4.79 Å². The first kappa shape index (κ1) is 31.0. The van der Waals surface area contributed by atoms with Crippen LogP contribution in [0.25, 0.3) is 0 Å². The second kappa shape index (κ2) is 14.8. The summed E-state index contributed by atoms with van der Waals surface area (Å²) >= 11 is 0. The van der Waals surface area contributed by atoms with E-state index in [4.69, 9.17) is 42.6 Å². The van der Waals surface area contributed by atoms with Crippen LogP contribution < -0.4 is 14.2 Å². The summed E-state index contributed by atoms with van der Waals surface area (Å²) in [5.41, 5.74) is 1.48. The summed E-state index contributed by atoms with van der Waals surface area (Å²) in [4.78, 5) is 25.3. The molecular weight excluding hydrogens is 524 g/mol. The number of rotatable bonds is 14. The molecule has 213 valence electrons. The van der Waals surface area contributed by atoms with E-state index in [2.05, 4.69) is 10.5 Å². The molecule has 0 aliphatic carbocycles. The number of benzene rings is 2. The van der Waals surface area contributed by atoms with Gasteiger partial charge < -0.3 is 32.8 Å². The molecule has 0 spiro atoms. The van der Waals surface area contributed by atoms with E-state index in [0.29, 0.717) is 24.3 Å². The molecule has 0 N–H and O–H groups in total. The lowest BCUT2D eigenvalue weighted by atomic mass is 9.83. The lowest BCUT2D eigenvalue weighted by Crippen LogP contribution is -2.22. The molecular formula is C28H37O10Si. The van der Waals surface area contributed by atoms with Gasteiger partial charge in [0, 0.05) is 21.3 Å². The molecule has 10 nitrogen and oxygen atoms in total. The van der Waals surface area contributed by atoms with Gasteiger partial charge in [-0.1, -0.05) is 32.9 Å². The molecule has 1 heterocycles. The second-order valence-electron chi connectivity index (χ2n) is 10.0. The standard InChI is InChI=1S/C28H37O10Si/c1-28(2,3)27(38-39)18-13-22(34-16-31-5)25(23(14-18)35-17-32-6)26(29)24-19(20-11-8-12-36-37-20)9-7-10-21(24)33-15-30-4/h7,9-10,13-14,20,27H,8,11-12,15-17H2,1-6H3. The largest absolute Gasteiger partial charge is 0.467 e. The van der Waals surface area contributed by atoms with Gasteiger partial charge in [0.15, 0.2) is 20.4 Å². The van der Waals surface area contributed by atoms with E-state index in [1.54, 1.807) is 24.3 Å². The number of hydrogen-bond donors (Lipinski definition) is 0. The first-order chi connectivity index (χ1) is 18.8. The van der Waals surface area contributed by atoms with Crippen LogP contribution in [0, 0.1) is 5.41 Å². The van der Waals surface area contributed by atoms with E-state index in [0.717, 1.165) is 12.0 Å². The predicted octanol–water partition coefficient (Wildman–Crippen LogP) is 4.84. The van der Waals surface area contributed by atoms with Gasteiger partial charge in [0.25, 0.3) is 0 Å². The van der Waals surface area contributed by atoms with Gasteiger partial charge in [0.05, 0.1) is 18.3 Å². The Labute approximate surface area is 233 Å². The van der Waals surface area contributed by atoms with Crippen molar-refractivity contribution in [1.82, 2.24) is 0 Å². The van der Waals surface area contributed by atoms with Crippen LogP contribution in [0.4, 0.5) is 0 Å². The Balaban J connectivity index is 2.25. The van der Waals surface area contributed by atoms with E-state index >= 15 is 0 Å². The van der Waals surface area contributed by atoms with Gasteiger partial charge in [-0.2, -0.15) is 0 Å². The highest BCUT2D eigenvalue weighted by molar-refractivity contribution is 6.15. The zero-order chi connectivity index (χ0) is 28.4. The summed E-state index contributed by atoms with van der Waals surface area (Å²) < 4.78 is 38.9. The Hall–Kier alpha value is -2.51. The average Bonchev–Trinajstić information content (AvgIpc) is 2.93. The first-order valence-corrected chi connectivity index (χ1v) is 13.0. The zero-order valence-corrected chi connectivity index (χ0v) is 24.4. The van der Waals surface area contributed by atoms with Gasteiger partial charge >= 0.3 is 0 Å². The average molecular weight is 562 g/mol. The summed E-state index contributed by atoms with van der Waals surface area (Å²) in [6.07, 6.45) is 0.569. The van der Waals surface area contributed by atoms with Crippen molar-refractivity contribution in [2.45, 2.75) is 45.8 Å². The number of hydrogen-bond acceptors (Lipinski definition) is 10. The molecule has 2 aromatic rings. The summed E-state index contributed by atoms with van der Waals surface area (Å²) in [6, 6.07) is 8.82. The van der Waals surface area contributed by atoms with E-state index < -0.39 is 18.0 Å². The predicted molar refractivity (Wildman–Crippen MR) is 142 cm³/mol. The highest BCUT2D eigenvalue weighted by Crippen LogP contribution is 2.43. The highest BCUT2D eigenvalue weighted by atomic mass is 28.2. The topological polar surface area (TPSA) is 100 Å². The molecule has 1 aliphatic heterocycles. The molecule has 2 aromatic carbocycles. The van der Waals surface area contributed by atoms with Crippen LogP contribution in [0.1, 0.15) is 72.9 Å². The minimum absolute atomic E-state index is 0.0551. The Morgan fingerprint density at radius 2 is 1.54 bits per heavy atom. The third kappa shape index (κ3) is 7.79. The van der Waals surface area contributed by atoms with Crippen molar-refractivity contribution in [2.24, 2.45) is 5.41 Å². The Morgan fingerprint density at radius 3 is 2.03 bits per heavy atom. The minimum Gasteiger partial charge on any atom is -0.467 e. The maximum Gasteiger partial charge on any atom is 0.247 e. The molecule has 0 aromatic heterocycles. The van der Waals surface area contributed by atoms with Crippen molar-refractivity contribution in [3.05, 3.63) is 52.6 Å². The molecule has 2 unspecified atom stereocenters. The fourth-order valence-electron chi connectivity index (χ4n) is 4.34. The van der Waals surface area contributed by atoms with Crippen LogP contribution in [0.3, 0.4) is 0 Å². The molecule has 1 saturated heterocycles. The normalized spacial score (nSPS) is 16.5. The molecule has 3 radical (unpaired) electrons. The molecule has 1 fully saturated rings. The Morgan fingerprint density at radius 1 is 0.949 bits per heavy atom. The number of carbonyl (C=O) groups is 1. The SMILES string of the molecule is COCOc1cc(C(O[Si])C(C)(C)C)cc(OCOC)c1C(=O)c1c(OCOC)cccc1C1CCCOO1. The van der Waals surface area contributed by atoms with Gasteiger partial charge in [-0.05, 0) is 47.6 Å². The van der Waals surface area contributed by atoms with Crippen molar-refractivity contribution in [3.63, 3.8) is 0 Å². The molecule has 39 heavy (non-hydrogen) atoms. The summed E-state index contributed by atoms with van der Waals surface area (Å²) in [5.74, 6) is 0.415. The van der Waals surface area contributed by atoms with Crippen LogP contribution >= 0.6 is 0 Å². The van der Waals surface area contributed by atoms with Crippen LogP contribution in [-0.4, -0.2) is 64.6 Å². The monoisotopic (exact) mass is 561 g/mol. The van der Waals surface area contributed by atoms with Crippen LogP contribution in [0.5, 0.6) is 17.2 Å². The number of ketones is 1. The van der Waals surface area contributed by atoms with Gasteiger partial charge in [0.2, 0.25) is 16.3 Å². The second-order valence-corrected chi connectivity index (χ2v) is 10.2. The fourth-order valence-corrected chi connectivity index (χ4v) is 4.83. The first-order valence-electron chi connectivity index (χ1n) is 12.6. The molecule has 0 amide bonds. The van der Waals surface area contributed by atoms with Crippen molar-refractivity contribution < 1.29 is 47.4 Å². The van der Waals surface area contributed by atoms with Crippen LogP contribution in [-0.2, 0) is 28.4 Å². The van der Waals surface area contributed by atoms with Gasteiger partial charge in [-0.15, -0.1) is 0 Å². The molecule has 0 saturated carbocycles. The summed E-state index contributed by atoms with van der Waals surface area (Å²) in [6.45, 7) is 6.32. The van der Waals surface area contributed by atoms with E-state index in [-0.39, 0.29) is 48.4 Å². The van der Waals surface area contributed by atoms with Crippen molar-refractivity contribution in [3.8, 4) is 17.2 Å².